The molecule has 0 amide bonds. The molecule has 10 heavy (non-hydrogen) atoms. The maximum absolute atomic E-state index is 9.77. The zero-order valence-corrected chi connectivity index (χ0v) is 5.69. The van der Waals surface area contributed by atoms with Gasteiger partial charge in [-0.2, -0.15) is 4.91 Å². The van der Waals surface area contributed by atoms with Crippen LogP contribution in [0.5, 0.6) is 0 Å². The maximum atomic E-state index is 9.77. The molecule has 0 aromatic rings. The van der Waals surface area contributed by atoms with Crippen molar-refractivity contribution in [3.8, 4) is 0 Å². The Bertz CT molecular complexity index is 118. The molecule has 1 rings (SSSR count). The quantitative estimate of drug-likeness (QED) is 0.568. The summed E-state index contributed by atoms with van der Waals surface area (Å²) in [6.45, 7) is 0.707. The third-order valence-electron chi connectivity index (χ3n) is 1.62. The zero-order valence-electron chi connectivity index (χ0n) is 5.69. The van der Waals surface area contributed by atoms with Gasteiger partial charge in [0.25, 0.3) is 0 Å². The number of hydrogen-bond donors (Lipinski definition) is 1. The lowest BCUT2D eigenvalue weighted by molar-refractivity contribution is -0.0382. The van der Waals surface area contributed by atoms with Crippen LogP contribution < -0.4 is 0 Å². The van der Waals surface area contributed by atoms with E-state index in [0.717, 1.165) is 0 Å². The molecule has 1 aliphatic heterocycles. The second kappa shape index (κ2) is 3.63. The number of hydrogen-bond acceptors (Lipinski definition) is 4. The Morgan fingerprint density at radius 3 is 3.10 bits per heavy atom. The Morgan fingerprint density at radius 2 is 2.50 bits per heavy atom. The van der Waals surface area contributed by atoms with E-state index in [-0.39, 0.29) is 18.8 Å². The predicted molar refractivity (Wildman–Crippen MR) is 35.6 cm³/mol. The van der Waals surface area contributed by atoms with E-state index in [0.29, 0.717) is 19.4 Å². The number of ether oxygens (including phenoxy) is 1. The fraction of sp³-hybridized carbons (Fsp3) is 1.00. The summed E-state index contributed by atoms with van der Waals surface area (Å²) >= 11 is 0. The van der Waals surface area contributed by atoms with Gasteiger partial charge in [0.15, 0.2) is 0 Å². The largest absolute Gasteiger partial charge is 0.393 e. The Balaban J connectivity index is 2.24. The van der Waals surface area contributed by atoms with Gasteiger partial charge in [-0.15, -0.1) is 0 Å². The standard InChI is InChI=1S/C6H11NO3/c8-5-1-2-10-6(3-5)4-7-9/h5-6,8H,1-4H2/t5-,6+/m1/s1. The van der Waals surface area contributed by atoms with E-state index < -0.39 is 0 Å². The van der Waals surface area contributed by atoms with Gasteiger partial charge in [0, 0.05) is 13.0 Å². The third kappa shape index (κ3) is 2.04. The van der Waals surface area contributed by atoms with Crippen LogP contribution in [0, 0.1) is 4.91 Å². The van der Waals surface area contributed by atoms with Crippen LogP contribution in [0.25, 0.3) is 0 Å². The lowest BCUT2D eigenvalue weighted by atomic mass is 10.1. The van der Waals surface area contributed by atoms with Gasteiger partial charge >= 0.3 is 0 Å². The van der Waals surface area contributed by atoms with Gasteiger partial charge in [-0.05, 0) is 6.42 Å². The summed E-state index contributed by atoms with van der Waals surface area (Å²) in [7, 11) is 0. The molecule has 0 saturated carbocycles. The van der Waals surface area contributed by atoms with E-state index in [1.807, 2.05) is 0 Å². The molecule has 0 aliphatic carbocycles. The summed E-state index contributed by atoms with van der Waals surface area (Å²) in [5.41, 5.74) is 0. The lowest BCUT2D eigenvalue weighted by Gasteiger charge is -2.24. The van der Waals surface area contributed by atoms with E-state index >= 15 is 0 Å². The lowest BCUT2D eigenvalue weighted by Crippen LogP contribution is -2.30. The van der Waals surface area contributed by atoms with Crippen LogP contribution in [0.1, 0.15) is 12.8 Å². The summed E-state index contributed by atoms with van der Waals surface area (Å²) in [5, 5.41) is 11.8. The minimum Gasteiger partial charge on any atom is -0.393 e. The zero-order chi connectivity index (χ0) is 7.40. The Labute approximate surface area is 59.2 Å². The molecule has 0 bridgehead atoms. The van der Waals surface area contributed by atoms with Crippen molar-refractivity contribution in [1.82, 2.24) is 0 Å². The summed E-state index contributed by atoms with van der Waals surface area (Å²) in [5.74, 6) is 0. The van der Waals surface area contributed by atoms with Crippen molar-refractivity contribution in [2.24, 2.45) is 5.18 Å². The molecular formula is C6H11NO3. The molecular weight excluding hydrogens is 134 g/mol. The van der Waals surface area contributed by atoms with Crippen molar-refractivity contribution in [3.63, 3.8) is 0 Å². The van der Waals surface area contributed by atoms with Crippen LogP contribution in [0.15, 0.2) is 5.18 Å². The van der Waals surface area contributed by atoms with E-state index in [2.05, 4.69) is 5.18 Å². The molecule has 1 fully saturated rings. The van der Waals surface area contributed by atoms with Gasteiger partial charge in [0.05, 0.1) is 12.2 Å². The molecule has 58 valence electrons. The topological polar surface area (TPSA) is 58.9 Å². The van der Waals surface area contributed by atoms with Crippen LogP contribution in [0.4, 0.5) is 0 Å². The first-order valence-electron chi connectivity index (χ1n) is 3.41. The fourth-order valence-corrected chi connectivity index (χ4v) is 1.07. The van der Waals surface area contributed by atoms with Crippen molar-refractivity contribution >= 4 is 0 Å². The van der Waals surface area contributed by atoms with Crippen molar-refractivity contribution < 1.29 is 9.84 Å². The molecule has 0 spiro atoms. The van der Waals surface area contributed by atoms with Gasteiger partial charge in [-0.25, -0.2) is 0 Å². The first-order chi connectivity index (χ1) is 4.83. The van der Waals surface area contributed by atoms with E-state index in [1.54, 1.807) is 0 Å². The molecule has 0 aromatic carbocycles. The normalized spacial score (nSPS) is 33.7. The summed E-state index contributed by atoms with van der Waals surface area (Å²) < 4.78 is 5.14. The van der Waals surface area contributed by atoms with E-state index in [1.165, 1.54) is 0 Å². The highest BCUT2D eigenvalue weighted by Gasteiger charge is 2.20. The van der Waals surface area contributed by atoms with Gasteiger partial charge in [0.2, 0.25) is 0 Å². The van der Waals surface area contributed by atoms with Crippen LogP contribution in [0.3, 0.4) is 0 Å². The molecule has 0 radical (unpaired) electrons. The van der Waals surface area contributed by atoms with E-state index in [9.17, 15) is 4.91 Å². The highest BCUT2D eigenvalue weighted by atomic mass is 16.5. The smallest absolute Gasteiger partial charge is 0.107 e. The van der Waals surface area contributed by atoms with Crippen molar-refractivity contribution in [1.29, 1.82) is 0 Å². The fourth-order valence-electron chi connectivity index (χ4n) is 1.07. The first-order valence-corrected chi connectivity index (χ1v) is 3.41. The number of nitrogens with zero attached hydrogens (tertiary/aromatic N) is 1. The average Bonchev–Trinajstić information content (AvgIpc) is 1.88. The second-order valence-electron chi connectivity index (χ2n) is 2.48. The minimum atomic E-state index is -0.305. The molecule has 2 atom stereocenters. The molecule has 0 aromatic heterocycles. The summed E-state index contributed by atoms with van der Waals surface area (Å²) in [4.78, 5) is 9.77. The molecule has 0 unspecified atom stereocenters. The van der Waals surface area contributed by atoms with Crippen molar-refractivity contribution in [2.75, 3.05) is 13.2 Å². The Hall–Kier alpha value is -0.480. The number of aliphatic hydroxyl groups is 1. The maximum Gasteiger partial charge on any atom is 0.107 e. The molecule has 1 N–H and O–H groups in total. The SMILES string of the molecule is O=NC[C@@H]1C[C@H](O)CCO1. The van der Waals surface area contributed by atoms with E-state index in [4.69, 9.17) is 9.84 Å². The molecule has 4 heteroatoms. The third-order valence-corrected chi connectivity index (χ3v) is 1.62. The molecule has 1 saturated heterocycles. The molecule has 1 heterocycles. The number of aliphatic hydroxyl groups excluding tert-OH is 1. The summed E-state index contributed by atoms with van der Waals surface area (Å²) in [6, 6.07) is 0. The average molecular weight is 145 g/mol. The van der Waals surface area contributed by atoms with Crippen LogP contribution in [0.2, 0.25) is 0 Å². The van der Waals surface area contributed by atoms with Gasteiger partial charge < -0.3 is 9.84 Å². The van der Waals surface area contributed by atoms with Gasteiger partial charge in [-0.1, -0.05) is 5.18 Å². The van der Waals surface area contributed by atoms with Crippen LogP contribution in [-0.2, 0) is 4.74 Å². The van der Waals surface area contributed by atoms with Crippen molar-refractivity contribution in [3.05, 3.63) is 4.91 Å². The highest BCUT2D eigenvalue weighted by Crippen LogP contribution is 2.13. The van der Waals surface area contributed by atoms with Gasteiger partial charge in [-0.3, -0.25) is 0 Å². The number of nitroso groups, excluding NO2 is 1. The van der Waals surface area contributed by atoms with Crippen LogP contribution in [-0.4, -0.2) is 30.5 Å². The number of rotatable bonds is 2. The Kier molecular flexibility index (Phi) is 2.77. The van der Waals surface area contributed by atoms with Gasteiger partial charge in [0.1, 0.15) is 6.54 Å². The predicted octanol–water partition coefficient (Wildman–Crippen LogP) is 0.293. The second-order valence-corrected chi connectivity index (χ2v) is 2.48. The summed E-state index contributed by atoms with van der Waals surface area (Å²) in [6.07, 6.45) is 0.767. The minimum absolute atomic E-state index is 0.152. The van der Waals surface area contributed by atoms with Crippen molar-refractivity contribution in [2.45, 2.75) is 25.0 Å². The highest BCUT2D eigenvalue weighted by molar-refractivity contribution is 4.71. The molecule has 4 nitrogen and oxygen atoms in total. The Morgan fingerprint density at radius 1 is 1.70 bits per heavy atom. The van der Waals surface area contributed by atoms with Crippen LogP contribution >= 0.6 is 0 Å². The molecule has 1 aliphatic rings. The first kappa shape index (κ1) is 7.63. The monoisotopic (exact) mass is 145 g/mol.